The molecule has 2 aliphatic rings. The molecule has 1 saturated heterocycles. The van der Waals surface area contributed by atoms with Crippen molar-refractivity contribution in [1.29, 1.82) is 0 Å². The zero-order chi connectivity index (χ0) is 14.1. The Bertz CT molecular complexity index is 620. The third-order valence-electron chi connectivity index (χ3n) is 4.89. The monoisotopic (exact) mass is 281 g/mol. The summed E-state index contributed by atoms with van der Waals surface area (Å²) >= 11 is 0. The van der Waals surface area contributed by atoms with E-state index in [9.17, 15) is 0 Å². The van der Waals surface area contributed by atoms with Crippen LogP contribution in [0.5, 0.6) is 0 Å². The molecule has 3 heteroatoms. The molecule has 0 spiro atoms. The molecule has 1 saturated carbocycles. The van der Waals surface area contributed by atoms with Crippen LogP contribution >= 0.6 is 0 Å². The highest BCUT2D eigenvalue weighted by Gasteiger charge is 2.20. The molecule has 1 aromatic carbocycles. The number of hydrogen-bond donors (Lipinski definition) is 1. The van der Waals surface area contributed by atoms with Crippen LogP contribution in [0.25, 0.3) is 10.8 Å². The van der Waals surface area contributed by atoms with Gasteiger partial charge in [0.1, 0.15) is 5.82 Å². The van der Waals surface area contributed by atoms with E-state index in [0.29, 0.717) is 6.04 Å². The Morgan fingerprint density at radius 1 is 1.00 bits per heavy atom. The van der Waals surface area contributed by atoms with E-state index in [-0.39, 0.29) is 0 Å². The number of fused-ring (bicyclic) bond motifs is 1. The van der Waals surface area contributed by atoms with Crippen LogP contribution in [-0.4, -0.2) is 24.1 Å². The lowest BCUT2D eigenvalue weighted by atomic mass is 10.1. The molecule has 0 atom stereocenters. The fourth-order valence-corrected chi connectivity index (χ4v) is 3.79. The van der Waals surface area contributed by atoms with Crippen LogP contribution in [0.15, 0.2) is 30.5 Å². The molecule has 3 nitrogen and oxygen atoms in total. The Hall–Kier alpha value is -1.77. The van der Waals surface area contributed by atoms with E-state index in [1.807, 2.05) is 6.20 Å². The van der Waals surface area contributed by atoms with Gasteiger partial charge in [-0.15, -0.1) is 0 Å². The molecule has 1 N–H and O–H groups in total. The smallest absolute Gasteiger partial charge is 0.138 e. The highest BCUT2D eigenvalue weighted by Crippen LogP contribution is 2.34. The Kier molecular flexibility index (Phi) is 3.42. The first kappa shape index (κ1) is 12.9. The molecule has 2 heterocycles. The minimum atomic E-state index is 0.641. The Labute approximate surface area is 126 Å². The maximum absolute atomic E-state index is 4.71. The lowest BCUT2D eigenvalue weighted by Gasteiger charge is -2.22. The molecule has 4 rings (SSSR count). The van der Waals surface area contributed by atoms with Crippen molar-refractivity contribution in [2.24, 2.45) is 0 Å². The Morgan fingerprint density at radius 3 is 2.62 bits per heavy atom. The molecule has 1 aromatic heterocycles. The molecule has 0 amide bonds. The van der Waals surface area contributed by atoms with Crippen LogP contribution in [0.3, 0.4) is 0 Å². The zero-order valence-corrected chi connectivity index (χ0v) is 12.5. The van der Waals surface area contributed by atoms with Gasteiger partial charge in [-0.2, -0.15) is 0 Å². The number of pyridine rings is 1. The second-order valence-corrected chi connectivity index (χ2v) is 6.36. The molecule has 1 aliphatic carbocycles. The average Bonchev–Trinajstić information content (AvgIpc) is 3.20. The van der Waals surface area contributed by atoms with E-state index in [1.165, 1.54) is 60.8 Å². The van der Waals surface area contributed by atoms with E-state index in [1.54, 1.807) is 0 Å². The molecule has 21 heavy (non-hydrogen) atoms. The van der Waals surface area contributed by atoms with Crippen molar-refractivity contribution < 1.29 is 0 Å². The van der Waals surface area contributed by atoms with Gasteiger partial charge in [0, 0.05) is 36.4 Å². The van der Waals surface area contributed by atoms with Crippen molar-refractivity contribution >= 4 is 22.3 Å². The largest absolute Gasteiger partial charge is 0.382 e. The number of rotatable bonds is 3. The van der Waals surface area contributed by atoms with Gasteiger partial charge in [-0.25, -0.2) is 4.98 Å². The summed E-state index contributed by atoms with van der Waals surface area (Å²) in [7, 11) is 0. The Balaban J connectivity index is 1.77. The quantitative estimate of drug-likeness (QED) is 0.914. The van der Waals surface area contributed by atoms with Gasteiger partial charge < -0.3 is 10.2 Å². The van der Waals surface area contributed by atoms with Gasteiger partial charge >= 0.3 is 0 Å². The second kappa shape index (κ2) is 5.55. The third-order valence-corrected chi connectivity index (χ3v) is 4.89. The highest BCUT2D eigenvalue weighted by atomic mass is 15.2. The van der Waals surface area contributed by atoms with Crippen LogP contribution in [0.4, 0.5) is 11.5 Å². The van der Waals surface area contributed by atoms with Crippen LogP contribution in [0, 0.1) is 0 Å². The summed E-state index contributed by atoms with van der Waals surface area (Å²) in [5.41, 5.74) is 1.27. The van der Waals surface area contributed by atoms with Crippen molar-refractivity contribution in [1.82, 2.24) is 4.98 Å². The van der Waals surface area contributed by atoms with Crippen molar-refractivity contribution in [2.45, 2.75) is 44.6 Å². The summed E-state index contributed by atoms with van der Waals surface area (Å²) in [5.74, 6) is 1.17. The number of benzene rings is 1. The van der Waals surface area contributed by atoms with Gasteiger partial charge in [-0.3, -0.25) is 0 Å². The standard InChI is InChI=1S/C18H23N3/c1-2-8-15(7-1)20-16-9-5-6-14-10-11-19-18(17(14)16)21-12-3-4-13-21/h5-6,9-11,15,20H,1-4,7-8,12-13H2. The van der Waals surface area contributed by atoms with Crippen molar-refractivity contribution in [3.63, 3.8) is 0 Å². The molecular formula is C18H23N3. The molecular weight excluding hydrogens is 258 g/mol. The number of aromatic nitrogens is 1. The first-order chi connectivity index (χ1) is 10.4. The van der Waals surface area contributed by atoms with Crippen LogP contribution in [0.2, 0.25) is 0 Å². The minimum Gasteiger partial charge on any atom is -0.382 e. The topological polar surface area (TPSA) is 28.2 Å². The lowest BCUT2D eigenvalue weighted by Crippen LogP contribution is -2.20. The molecule has 2 fully saturated rings. The first-order valence-corrected chi connectivity index (χ1v) is 8.31. The predicted octanol–water partition coefficient (Wildman–Crippen LogP) is 4.19. The van der Waals surface area contributed by atoms with Crippen LogP contribution in [0.1, 0.15) is 38.5 Å². The zero-order valence-electron chi connectivity index (χ0n) is 12.5. The van der Waals surface area contributed by atoms with E-state index in [2.05, 4.69) is 34.5 Å². The van der Waals surface area contributed by atoms with Gasteiger partial charge in [0.15, 0.2) is 0 Å². The molecule has 0 radical (unpaired) electrons. The van der Waals surface area contributed by atoms with Crippen LogP contribution < -0.4 is 10.2 Å². The predicted molar refractivity (Wildman–Crippen MR) is 89.1 cm³/mol. The first-order valence-electron chi connectivity index (χ1n) is 8.31. The normalized spacial score (nSPS) is 19.5. The molecule has 2 aromatic rings. The van der Waals surface area contributed by atoms with Crippen LogP contribution in [-0.2, 0) is 0 Å². The van der Waals surface area contributed by atoms with Gasteiger partial charge in [-0.05, 0) is 43.2 Å². The molecule has 0 unspecified atom stereocenters. The van der Waals surface area contributed by atoms with Crippen molar-refractivity contribution in [3.8, 4) is 0 Å². The maximum Gasteiger partial charge on any atom is 0.138 e. The van der Waals surface area contributed by atoms with Gasteiger partial charge in [0.25, 0.3) is 0 Å². The highest BCUT2D eigenvalue weighted by molar-refractivity contribution is 6.02. The summed E-state index contributed by atoms with van der Waals surface area (Å²) in [6, 6.07) is 9.36. The van der Waals surface area contributed by atoms with E-state index < -0.39 is 0 Å². The fraction of sp³-hybridized carbons (Fsp3) is 0.500. The maximum atomic E-state index is 4.71. The third kappa shape index (κ3) is 2.45. The van der Waals surface area contributed by atoms with Gasteiger partial charge in [0.05, 0.1) is 0 Å². The molecule has 1 aliphatic heterocycles. The Morgan fingerprint density at radius 2 is 1.81 bits per heavy atom. The number of nitrogens with one attached hydrogen (secondary N) is 1. The number of nitrogens with zero attached hydrogens (tertiary/aromatic N) is 2. The summed E-state index contributed by atoms with van der Waals surface area (Å²) in [6.45, 7) is 2.29. The molecule has 110 valence electrons. The van der Waals surface area contributed by atoms with E-state index >= 15 is 0 Å². The SMILES string of the molecule is c1cc(NC2CCCC2)c2c(N3CCCC3)nccc2c1. The summed E-state index contributed by atoms with van der Waals surface area (Å²) in [4.78, 5) is 7.16. The number of anilines is 2. The lowest BCUT2D eigenvalue weighted by molar-refractivity contribution is 0.756. The van der Waals surface area contributed by atoms with E-state index in [4.69, 9.17) is 4.98 Å². The number of hydrogen-bond acceptors (Lipinski definition) is 3. The van der Waals surface area contributed by atoms with Gasteiger partial charge in [0.2, 0.25) is 0 Å². The summed E-state index contributed by atoms with van der Waals surface area (Å²) < 4.78 is 0. The molecule has 0 bridgehead atoms. The second-order valence-electron chi connectivity index (χ2n) is 6.36. The fourth-order valence-electron chi connectivity index (χ4n) is 3.79. The average molecular weight is 281 g/mol. The summed E-state index contributed by atoms with van der Waals surface area (Å²) in [6.07, 6.45) is 9.85. The van der Waals surface area contributed by atoms with Gasteiger partial charge in [-0.1, -0.05) is 25.0 Å². The van der Waals surface area contributed by atoms with Crippen molar-refractivity contribution in [3.05, 3.63) is 30.5 Å². The summed E-state index contributed by atoms with van der Waals surface area (Å²) in [5, 5.41) is 6.40. The van der Waals surface area contributed by atoms with E-state index in [0.717, 1.165) is 13.1 Å². The van der Waals surface area contributed by atoms with Crippen molar-refractivity contribution in [2.75, 3.05) is 23.3 Å². The minimum absolute atomic E-state index is 0.641.